The van der Waals surface area contributed by atoms with Gasteiger partial charge >= 0.3 is 0 Å². The van der Waals surface area contributed by atoms with E-state index in [1.807, 2.05) is 0 Å². The fourth-order valence-corrected chi connectivity index (χ4v) is 5.47. The quantitative estimate of drug-likeness (QED) is 0.778. The average molecular weight is 287 g/mol. The maximum absolute atomic E-state index is 12.6. The van der Waals surface area contributed by atoms with Crippen LogP contribution in [0.1, 0.15) is 59.3 Å². The number of hydrogen-bond acceptors (Lipinski definition) is 3. The van der Waals surface area contributed by atoms with Gasteiger partial charge in [0.1, 0.15) is 0 Å². The van der Waals surface area contributed by atoms with Gasteiger partial charge in [0.25, 0.3) is 0 Å². The molecule has 3 nitrogen and oxygen atoms in total. The average Bonchev–Trinajstić information content (AvgIpc) is 2.30. The molecule has 0 bridgehead atoms. The van der Waals surface area contributed by atoms with Crippen molar-refractivity contribution in [1.29, 1.82) is 0 Å². The summed E-state index contributed by atoms with van der Waals surface area (Å²) < 4.78 is 23.2. The zero-order valence-electron chi connectivity index (χ0n) is 12.7. The topological polar surface area (TPSA) is 38.7 Å². The molecular formula is C15H29NO2S. The summed E-state index contributed by atoms with van der Waals surface area (Å²) in [5.74, 6) is 1.63. The van der Waals surface area contributed by atoms with Crippen LogP contribution in [0.15, 0.2) is 4.36 Å². The lowest BCUT2D eigenvalue weighted by molar-refractivity contribution is -0.0154. The van der Waals surface area contributed by atoms with Crippen LogP contribution in [-0.2, 0) is 14.5 Å². The molecule has 0 spiro atoms. The summed E-state index contributed by atoms with van der Waals surface area (Å²) in [6, 6.07) is 0.182. The molecule has 19 heavy (non-hydrogen) atoms. The summed E-state index contributed by atoms with van der Waals surface area (Å²) in [5, 5.41) is 0. The fourth-order valence-electron chi connectivity index (χ4n) is 3.03. The van der Waals surface area contributed by atoms with Gasteiger partial charge in [0.2, 0.25) is 0 Å². The number of nitrogens with zero attached hydrogens (tertiary/aromatic N) is 1. The van der Waals surface area contributed by atoms with Crippen molar-refractivity contribution in [1.82, 2.24) is 0 Å². The number of hydrogen-bond donors (Lipinski definition) is 0. The first kappa shape index (κ1) is 15.3. The van der Waals surface area contributed by atoms with Crippen LogP contribution >= 0.6 is 0 Å². The Morgan fingerprint density at radius 3 is 2.37 bits per heavy atom. The van der Waals surface area contributed by atoms with Crippen molar-refractivity contribution in [2.24, 2.45) is 9.78 Å². The van der Waals surface area contributed by atoms with E-state index in [9.17, 15) is 4.21 Å². The van der Waals surface area contributed by atoms with Gasteiger partial charge in [0.15, 0.2) is 0 Å². The summed E-state index contributed by atoms with van der Waals surface area (Å²) in [6.07, 6.45) is 7.00. The molecule has 112 valence electrons. The highest BCUT2D eigenvalue weighted by molar-refractivity contribution is 7.93. The molecule has 0 N–H and O–H groups in total. The van der Waals surface area contributed by atoms with Gasteiger partial charge in [-0.1, -0.05) is 27.2 Å². The second kappa shape index (κ2) is 6.13. The van der Waals surface area contributed by atoms with Crippen LogP contribution in [0.25, 0.3) is 0 Å². The Bertz CT molecular complexity index is 385. The Kier molecular flexibility index (Phi) is 4.93. The first-order valence-electron chi connectivity index (χ1n) is 7.70. The second-order valence-corrected chi connectivity index (χ2v) is 9.87. The third-order valence-electron chi connectivity index (χ3n) is 3.95. The lowest BCUT2D eigenvalue weighted by Gasteiger charge is -2.32. The third-order valence-corrected chi connectivity index (χ3v) is 6.49. The predicted molar refractivity (Wildman–Crippen MR) is 81.0 cm³/mol. The van der Waals surface area contributed by atoms with Crippen LogP contribution < -0.4 is 0 Å². The molecule has 2 rings (SSSR count). The molecule has 2 aliphatic rings. The molecule has 0 aromatic heterocycles. The molecule has 2 atom stereocenters. The summed E-state index contributed by atoms with van der Waals surface area (Å²) in [5.41, 5.74) is 0.322. The molecule has 2 fully saturated rings. The van der Waals surface area contributed by atoms with Crippen molar-refractivity contribution < 1.29 is 8.95 Å². The van der Waals surface area contributed by atoms with E-state index in [2.05, 4.69) is 25.1 Å². The standard InChI is InChI=1S/C15H29NO2S/c1-15(2,3)11-14-8-7-13(12-18-14)16-19(17)9-5-4-6-10-19/h13-14H,4-12H2,1-3H3. The summed E-state index contributed by atoms with van der Waals surface area (Å²) in [6.45, 7) is 7.45. The summed E-state index contributed by atoms with van der Waals surface area (Å²) in [4.78, 5) is 0. The number of ether oxygens (including phenoxy) is 1. The predicted octanol–water partition coefficient (Wildman–Crippen LogP) is 3.62. The third kappa shape index (κ3) is 5.07. The van der Waals surface area contributed by atoms with E-state index < -0.39 is 9.73 Å². The molecule has 2 aliphatic heterocycles. The molecule has 4 heteroatoms. The molecule has 2 unspecified atom stereocenters. The van der Waals surface area contributed by atoms with Gasteiger partial charge in [-0.05, 0) is 37.5 Å². The van der Waals surface area contributed by atoms with Crippen LogP contribution in [0.5, 0.6) is 0 Å². The van der Waals surface area contributed by atoms with Crippen LogP contribution in [0.3, 0.4) is 0 Å². The van der Waals surface area contributed by atoms with Crippen LogP contribution in [0.2, 0.25) is 0 Å². The van der Waals surface area contributed by atoms with Crippen LogP contribution in [0.4, 0.5) is 0 Å². The Morgan fingerprint density at radius 1 is 1.16 bits per heavy atom. The molecular weight excluding hydrogens is 258 g/mol. The molecule has 0 aliphatic carbocycles. The van der Waals surface area contributed by atoms with Crippen molar-refractivity contribution in [3.8, 4) is 0 Å². The molecule has 0 amide bonds. The Balaban J connectivity index is 1.86. The van der Waals surface area contributed by atoms with Gasteiger partial charge in [-0.15, -0.1) is 0 Å². The first-order valence-corrected chi connectivity index (χ1v) is 9.55. The van der Waals surface area contributed by atoms with E-state index in [1.165, 1.54) is 6.42 Å². The van der Waals surface area contributed by atoms with Crippen molar-refractivity contribution in [3.05, 3.63) is 0 Å². The van der Waals surface area contributed by atoms with Gasteiger partial charge in [-0.3, -0.25) is 0 Å². The van der Waals surface area contributed by atoms with Crippen molar-refractivity contribution in [2.45, 2.75) is 71.4 Å². The molecule has 0 radical (unpaired) electrons. The minimum absolute atomic E-state index is 0.182. The Hall–Kier alpha value is -0.0900. The van der Waals surface area contributed by atoms with E-state index in [0.29, 0.717) is 18.1 Å². The lowest BCUT2D eigenvalue weighted by atomic mass is 9.86. The van der Waals surface area contributed by atoms with Gasteiger partial charge in [-0.25, -0.2) is 8.57 Å². The Morgan fingerprint density at radius 2 is 1.84 bits per heavy atom. The van der Waals surface area contributed by atoms with Crippen molar-refractivity contribution in [2.75, 3.05) is 18.1 Å². The zero-order chi connectivity index (χ0) is 13.9. The van der Waals surface area contributed by atoms with Crippen molar-refractivity contribution >= 4 is 9.73 Å². The zero-order valence-corrected chi connectivity index (χ0v) is 13.5. The fraction of sp³-hybridized carbons (Fsp3) is 1.00. The van der Waals surface area contributed by atoms with E-state index in [-0.39, 0.29) is 6.04 Å². The minimum atomic E-state index is -1.90. The monoisotopic (exact) mass is 287 g/mol. The van der Waals surface area contributed by atoms with Gasteiger partial charge < -0.3 is 4.74 Å². The first-order chi connectivity index (χ1) is 8.86. The van der Waals surface area contributed by atoms with E-state index in [0.717, 1.165) is 43.6 Å². The van der Waals surface area contributed by atoms with Gasteiger partial charge in [-0.2, -0.15) is 0 Å². The number of rotatable bonds is 2. The SMILES string of the molecule is CC(C)(C)CC1CCC(N=S2(=O)CCCCC2)CO1. The van der Waals surface area contributed by atoms with Crippen molar-refractivity contribution in [3.63, 3.8) is 0 Å². The van der Waals surface area contributed by atoms with E-state index in [4.69, 9.17) is 4.74 Å². The maximum atomic E-state index is 12.6. The van der Waals surface area contributed by atoms with Crippen LogP contribution in [-0.4, -0.2) is 34.5 Å². The highest BCUT2D eigenvalue weighted by Gasteiger charge is 2.27. The molecule has 0 aromatic rings. The van der Waals surface area contributed by atoms with E-state index >= 15 is 0 Å². The smallest absolute Gasteiger partial charge is 0.0828 e. The molecule has 0 aromatic carbocycles. The Labute approximate surface area is 118 Å². The normalized spacial score (nSPS) is 31.9. The maximum Gasteiger partial charge on any atom is 0.0828 e. The highest BCUT2D eigenvalue weighted by atomic mass is 32.2. The molecule has 0 saturated carbocycles. The van der Waals surface area contributed by atoms with Crippen LogP contribution in [0, 0.1) is 5.41 Å². The summed E-state index contributed by atoms with van der Waals surface area (Å²) >= 11 is 0. The highest BCUT2D eigenvalue weighted by Crippen LogP contribution is 2.28. The molecule has 2 saturated heterocycles. The lowest BCUT2D eigenvalue weighted by Crippen LogP contribution is -2.32. The second-order valence-electron chi connectivity index (χ2n) is 7.30. The van der Waals surface area contributed by atoms with Gasteiger partial charge in [0, 0.05) is 21.2 Å². The minimum Gasteiger partial charge on any atom is -0.376 e. The van der Waals surface area contributed by atoms with E-state index in [1.54, 1.807) is 0 Å². The molecule has 2 heterocycles. The largest absolute Gasteiger partial charge is 0.376 e. The summed E-state index contributed by atoms with van der Waals surface area (Å²) in [7, 11) is -1.90. The van der Waals surface area contributed by atoms with Gasteiger partial charge in [0.05, 0.1) is 18.8 Å².